The van der Waals surface area contributed by atoms with Crippen LogP contribution in [0.4, 0.5) is 4.39 Å². The van der Waals surface area contributed by atoms with Crippen molar-refractivity contribution >= 4 is 5.91 Å². The Morgan fingerprint density at radius 2 is 2.16 bits per heavy atom. The molecule has 134 valence electrons. The van der Waals surface area contributed by atoms with Gasteiger partial charge in [-0.25, -0.2) is 9.37 Å². The molecule has 2 heterocycles. The fraction of sp³-hybridized carbons (Fsp3) is 0.474. The summed E-state index contributed by atoms with van der Waals surface area (Å²) in [6, 6.07) is 6.74. The summed E-state index contributed by atoms with van der Waals surface area (Å²) < 4.78 is 18.7. The number of halogens is 1. The minimum absolute atomic E-state index is 0.0323. The second-order valence-corrected chi connectivity index (χ2v) is 6.52. The number of hydrogen-bond acceptors (Lipinski definition) is 4. The van der Waals surface area contributed by atoms with Crippen LogP contribution in [0.3, 0.4) is 0 Å². The molecular formula is C19H24FN3O2. The number of carbonyl (C=O) groups excluding carboxylic acids is 1. The van der Waals surface area contributed by atoms with Crippen LogP contribution in [0.2, 0.25) is 0 Å². The summed E-state index contributed by atoms with van der Waals surface area (Å²) in [7, 11) is 0. The first-order chi connectivity index (χ1) is 12.0. The lowest BCUT2D eigenvalue weighted by molar-refractivity contribution is -0.132. The predicted octanol–water partition coefficient (Wildman–Crippen LogP) is 3.00. The lowest BCUT2D eigenvalue weighted by Crippen LogP contribution is -2.40. The van der Waals surface area contributed by atoms with Crippen molar-refractivity contribution in [2.45, 2.75) is 45.8 Å². The van der Waals surface area contributed by atoms with Gasteiger partial charge in [-0.15, -0.1) is 0 Å². The Kier molecular flexibility index (Phi) is 5.48. The molecule has 0 saturated carbocycles. The first-order valence-electron chi connectivity index (χ1n) is 8.72. The lowest BCUT2D eigenvalue weighted by Gasteiger charge is -2.27. The van der Waals surface area contributed by atoms with Crippen LogP contribution in [0.5, 0.6) is 0 Å². The first kappa shape index (κ1) is 17.6. The zero-order chi connectivity index (χ0) is 17.8. The molecular weight excluding hydrogens is 321 g/mol. The number of likely N-dealkylation sites (tertiary alicyclic amines) is 1. The van der Waals surface area contributed by atoms with E-state index in [-0.39, 0.29) is 17.8 Å². The highest BCUT2D eigenvalue weighted by Gasteiger charge is 2.30. The molecule has 0 aliphatic carbocycles. The number of rotatable bonds is 6. The highest BCUT2D eigenvalue weighted by molar-refractivity contribution is 5.73. The standard InChI is InChI=1S/C19H24FN3O2/c1-3-18-10-21-19(25-18)13-23(14(2)24)17-8-9-22(12-17)11-15-4-6-16(20)7-5-15/h4-7,10,17H,3,8-9,11-13H2,1-2H3/t17-/m1/s1. The van der Waals surface area contributed by atoms with Crippen molar-refractivity contribution in [1.29, 1.82) is 0 Å². The molecule has 25 heavy (non-hydrogen) atoms. The maximum absolute atomic E-state index is 13.0. The summed E-state index contributed by atoms with van der Waals surface area (Å²) >= 11 is 0. The van der Waals surface area contributed by atoms with Gasteiger partial charge in [-0.2, -0.15) is 0 Å². The maximum atomic E-state index is 13.0. The Bertz CT molecular complexity index is 714. The van der Waals surface area contributed by atoms with Crippen molar-refractivity contribution in [2.75, 3.05) is 13.1 Å². The number of carbonyl (C=O) groups is 1. The molecule has 1 aliphatic heterocycles. The molecule has 0 N–H and O–H groups in total. The Morgan fingerprint density at radius 3 is 2.80 bits per heavy atom. The van der Waals surface area contributed by atoms with E-state index in [1.54, 1.807) is 13.1 Å². The number of amides is 1. The largest absolute Gasteiger partial charge is 0.444 e. The first-order valence-corrected chi connectivity index (χ1v) is 8.72. The summed E-state index contributed by atoms with van der Waals surface area (Å²) in [5.41, 5.74) is 1.08. The highest BCUT2D eigenvalue weighted by Crippen LogP contribution is 2.20. The quantitative estimate of drug-likeness (QED) is 0.808. The van der Waals surface area contributed by atoms with E-state index in [2.05, 4.69) is 9.88 Å². The number of benzene rings is 1. The Morgan fingerprint density at radius 1 is 1.40 bits per heavy atom. The smallest absolute Gasteiger partial charge is 0.220 e. The van der Waals surface area contributed by atoms with Crippen molar-refractivity contribution in [2.24, 2.45) is 0 Å². The summed E-state index contributed by atoms with van der Waals surface area (Å²) in [4.78, 5) is 20.5. The number of hydrogen-bond donors (Lipinski definition) is 0. The van der Waals surface area contributed by atoms with Gasteiger partial charge < -0.3 is 9.32 Å². The van der Waals surface area contributed by atoms with Crippen molar-refractivity contribution in [3.05, 3.63) is 53.5 Å². The third kappa shape index (κ3) is 4.45. The molecule has 0 radical (unpaired) electrons. The molecule has 1 saturated heterocycles. The summed E-state index contributed by atoms with van der Waals surface area (Å²) in [6.07, 6.45) is 3.44. The second-order valence-electron chi connectivity index (χ2n) is 6.52. The molecule has 1 atom stereocenters. The van der Waals surface area contributed by atoms with E-state index >= 15 is 0 Å². The molecule has 6 heteroatoms. The van der Waals surface area contributed by atoms with E-state index in [1.165, 1.54) is 12.1 Å². The van der Waals surface area contributed by atoms with Crippen LogP contribution in [0.25, 0.3) is 0 Å². The topological polar surface area (TPSA) is 49.6 Å². The van der Waals surface area contributed by atoms with Gasteiger partial charge in [-0.3, -0.25) is 9.69 Å². The minimum atomic E-state index is -0.219. The van der Waals surface area contributed by atoms with Gasteiger partial charge in [-0.05, 0) is 24.1 Å². The summed E-state index contributed by atoms with van der Waals surface area (Å²) in [5, 5.41) is 0. The Labute approximate surface area is 147 Å². The fourth-order valence-corrected chi connectivity index (χ4v) is 3.29. The van der Waals surface area contributed by atoms with Gasteiger partial charge in [0.1, 0.15) is 11.6 Å². The number of oxazole rings is 1. The van der Waals surface area contributed by atoms with Crippen LogP contribution in [-0.2, 0) is 24.3 Å². The SMILES string of the molecule is CCc1cnc(CN(C(C)=O)[C@@H]2CCN(Cc3ccc(F)cc3)C2)o1. The molecule has 5 nitrogen and oxygen atoms in total. The van der Waals surface area contributed by atoms with Gasteiger partial charge in [0, 0.05) is 39.0 Å². The fourth-order valence-electron chi connectivity index (χ4n) is 3.29. The van der Waals surface area contributed by atoms with Gasteiger partial charge >= 0.3 is 0 Å². The molecule has 1 fully saturated rings. The Balaban J connectivity index is 1.61. The highest BCUT2D eigenvalue weighted by atomic mass is 19.1. The average Bonchev–Trinajstić information content (AvgIpc) is 3.23. The molecule has 0 spiro atoms. The van der Waals surface area contributed by atoms with E-state index in [0.717, 1.165) is 43.8 Å². The molecule has 1 amide bonds. The van der Waals surface area contributed by atoms with Crippen LogP contribution in [0, 0.1) is 5.82 Å². The molecule has 0 unspecified atom stereocenters. The van der Waals surface area contributed by atoms with E-state index in [0.29, 0.717) is 12.4 Å². The monoisotopic (exact) mass is 345 g/mol. The van der Waals surface area contributed by atoms with E-state index < -0.39 is 0 Å². The molecule has 1 aromatic carbocycles. The van der Waals surface area contributed by atoms with E-state index in [9.17, 15) is 9.18 Å². The zero-order valence-corrected chi connectivity index (χ0v) is 14.7. The van der Waals surface area contributed by atoms with Crippen LogP contribution in [0.1, 0.15) is 37.5 Å². The predicted molar refractivity (Wildman–Crippen MR) is 92.2 cm³/mol. The minimum Gasteiger partial charge on any atom is -0.444 e. The van der Waals surface area contributed by atoms with Crippen LogP contribution in [-0.4, -0.2) is 39.8 Å². The number of aromatic nitrogens is 1. The zero-order valence-electron chi connectivity index (χ0n) is 14.7. The second kappa shape index (κ2) is 7.78. The van der Waals surface area contributed by atoms with Crippen molar-refractivity contribution in [3.8, 4) is 0 Å². The van der Waals surface area contributed by atoms with Gasteiger partial charge in [0.15, 0.2) is 0 Å². The van der Waals surface area contributed by atoms with Crippen LogP contribution < -0.4 is 0 Å². The summed E-state index contributed by atoms with van der Waals surface area (Å²) in [6.45, 7) is 6.49. The van der Waals surface area contributed by atoms with Gasteiger partial charge in [0.2, 0.25) is 11.8 Å². The normalized spacial score (nSPS) is 17.8. The van der Waals surface area contributed by atoms with E-state index in [4.69, 9.17) is 4.42 Å². The van der Waals surface area contributed by atoms with Crippen molar-refractivity contribution in [1.82, 2.24) is 14.8 Å². The molecule has 2 aromatic rings. The average molecular weight is 345 g/mol. The van der Waals surface area contributed by atoms with Crippen LogP contribution in [0.15, 0.2) is 34.9 Å². The number of nitrogens with zero attached hydrogens (tertiary/aromatic N) is 3. The molecule has 1 aliphatic rings. The lowest BCUT2D eigenvalue weighted by atomic mass is 10.2. The Hall–Kier alpha value is -2.21. The number of aryl methyl sites for hydroxylation is 1. The third-order valence-electron chi connectivity index (χ3n) is 4.67. The third-order valence-corrected chi connectivity index (χ3v) is 4.67. The van der Waals surface area contributed by atoms with Crippen molar-refractivity contribution in [3.63, 3.8) is 0 Å². The van der Waals surface area contributed by atoms with Crippen molar-refractivity contribution < 1.29 is 13.6 Å². The molecule has 3 rings (SSSR count). The summed E-state index contributed by atoms with van der Waals surface area (Å²) in [5.74, 6) is 1.24. The van der Waals surface area contributed by atoms with Crippen LogP contribution >= 0.6 is 0 Å². The maximum Gasteiger partial charge on any atom is 0.220 e. The molecule has 1 aromatic heterocycles. The molecule has 0 bridgehead atoms. The van der Waals surface area contributed by atoms with Gasteiger partial charge in [-0.1, -0.05) is 19.1 Å². The van der Waals surface area contributed by atoms with Gasteiger partial charge in [0.05, 0.1) is 12.7 Å². The van der Waals surface area contributed by atoms with E-state index in [1.807, 2.05) is 24.0 Å². The van der Waals surface area contributed by atoms with Gasteiger partial charge in [0.25, 0.3) is 0 Å².